The second-order valence-electron chi connectivity index (χ2n) is 6.70. The summed E-state index contributed by atoms with van der Waals surface area (Å²) in [6, 6.07) is 6.94. The molecule has 0 saturated heterocycles. The van der Waals surface area contributed by atoms with Gasteiger partial charge < -0.3 is 0 Å². The van der Waals surface area contributed by atoms with Crippen LogP contribution in [0.5, 0.6) is 0 Å². The molecule has 0 aliphatic heterocycles. The van der Waals surface area contributed by atoms with Crippen molar-refractivity contribution in [3.05, 3.63) is 48.1 Å². The fourth-order valence-corrected chi connectivity index (χ4v) is 3.59. The third-order valence-electron chi connectivity index (χ3n) is 5.04. The summed E-state index contributed by atoms with van der Waals surface area (Å²) in [7, 11) is 0. The zero-order valence-electron chi connectivity index (χ0n) is 13.4. The fraction of sp³-hybridized carbons (Fsp3) is 0.600. The van der Waals surface area contributed by atoms with E-state index in [1.54, 1.807) is 18.2 Å². The van der Waals surface area contributed by atoms with E-state index in [-0.39, 0.29) is 5.82 Å². The summed E-state index contributed by atoms with van der Waals surface area (Å²) >= 11 is 0. The van der Waals surface area contributed by atoms with Crippen molar-refractivity contribution in [2.75, 3.05) is 0 Å². The predicted octanol–water partition coefficient (Wildman–Crippen LogP) is 6.61. The fourth-order valence-electron chi connectivity index (χ4n) is 3.59. The lowest BCUT2D eigenvalue weighted by Gasteiger charge is -2.28. The van der Waals surface area contributed by atoms with Crippen molar-refractivity contribution in [1.82, 2.24) is 0 Å². The highest BCUT2D eigenvalue weighted by molar-refractivity contribution is 5.16. The summed E-state index contributed by atoms with van der Waals surface area (Å²) in [4.78, 5) is 0. The molecule has 2 heteroatoms. The van der Waals surface area contributed by atoms with Crippen LogP contribution in [-0.4, -0.2) is 0 Å². The lowest BCUT2D eigenvalue weighted by molar-refractivity contribution is 0.249. The van der Waals surface area contributed by atoms with Crippen molar-refractivity contribution in [1.29, 1.82) is 0 Å². The molecule has 122 valence electrons. The standard InChI is InChI=1S/C20H28F2/c21-16-4-2-1-3-5-17-6-8-18(9-7-17)10-11-19-12-14-20(22)15-13-19/h4,12-18H,1-3,5-11H2/t17-,18-. The largest absolute Gasteiger partial charge is 0.216 e. The molecule has 0 bridgehead atoms. The van der Waals surface area contributed by atoms with Crippen molar-refractivity contribution in [2.24, 2.45) is 11.8 Å². The van der Waals surface area contributed by atoms with Gasteiger partial charge in [-0.3, -0.25) is 0 Å². The average Bonchev–Trinajstić information content (AvgIpc) is 2.55. The highest BCUT2D eigenvalue weighted by Crippen LogP contribution is 2.34. The number of hydrogen-bond donors (Lipinski definition) is 0. The molecule has 1 fully saturated rings. The maximum absolute atomic E-state index is 12.9. The summed E-state index contributed by atoms with van der Waals surface area (Å²) in [5.41, 5.74) is 1.25. The van der Waals surface area contributed by atoms with Crippen LogP contribution in [0, 0.1) is 17.7 Å². The molecule has 1 aliphatic rings. The predicted molar refractivity (Wildman–Crippen MR) is 88.9 cm³/mol. The van der Waals surface area contributed by atoms with Crippen LogP contribution in [0.3, 0.4) is 0 Å². The highest BCUT2D eigenvalue weighted by atomic mass is 19.1. The zero-order valence-corrected chi connectivity index (χ0v) is 13.4. The van der Waals surface area contributed by atoms with Crippen LogP contribution in [0.1, 0.15) is 63.4 Å². The van der Waals surface area contributed by atoms with E-state index < -0.39 is 0 Å². The normalized spacial score (nSPS) is 22.3. The summed E-state index contributed by atoms with van der Waals surface area (Å²) in [5, 5.41) is 0. The Kier molecular flexibility index (Phi) is 7.62. The first-order valence-electron chi connectivity index (χ1n) is 8.77. The maximum Gasteiger partial charge on any atom is 0.123 e. The SMILES string of the molecule is FC=CCCCC[C@H]1CC[C@H](CCc2ccc(F)cc2)CC1. The molecule has 0 spiro atoms. The van der Waals surface area contributed by atoms with E-state index in [1.165, 1.54) is 50.5 Å². The Morgan fingerprint density at radius 2 is 1.55 bits per heavy atom. The van der Waals surface area contributed by atoms with E-state index in [2.05, 4.69) is 0 Å². The monoisotopic (exact) mass is 306 g/mol. The van der Waals surface area contributed by atoms with Gasteiger partial charge >= 0.3 is 0 Å². The van der Waals surface area contributed by atoms with Crippen LogP contribution in [-0.2, 0) is 6.42 Å². The van der Waals surface area contributed by atoms with Crippen LogP contribution in [0.15, 0.2) is 36.7 Å². The number of rotatable bonds is 8. The minimum atomic E-state index is -0.147. The van der Waals surface area contributed by atoms with Gasteiger partial charge in [0.2, 0.25) is 0 Å². The molecule has 0 unspecified atom stereocenters. The minimum Gasteiger partial charge on any atom is -0.216 e. The average molecular weight is 306 g/mol. The van der Waals surface area contributed by atoms with E-state index in [4.69, 9.17) is 0 Å². The van der Waals surface area contributed by atoms with Crippen molar-refractivity contribution < 1.29 is 8.78 Å². The van der Waals surface area contributed by atoms with Crippen molar-refractivity contribution in [2.45, 2.75) is 64.2 Å². The van der Waals surface area contributed by atoms with Gasteiger partial charge in [0.05, 0.1) is 6.33 Å². The smallest absolute Gasteiger partial charge is 0.123 e. The summed E-state index contributed by atoms with van der Waals surface area (Å²) in [5.74, 6) is 1.58. The van der Waals surface area contributed by atoms with Crippen molar-refractivity contribution >= 4 is 0 Å². The Hall–Kier alpha value is -1.18. The number of benzene rings is 1. The van der Waals surface area contributed by atoms with E-state index >= 15 is 0 Å². The molecule has 1 aliphatic carbocycles. The Balaban J connectivity index is 1.57. The van der Waals surface area contributed by atoms with E-state index in [1.807, 2.05) is 12.1 Å². The van der Waals surface area contributed by atoms with Crippen LogP contribution >= 0.6 is 0 Å². The molecule has 0 heterocycles. The molecule has 0 radical (unpaired) electrons. The third kappa shape index (κ3) is 6.29. The van der Waals surface area contributed by atoms with Gasteiger partial charge in [0.1, 0.15) is 5.82 Å². The third-order valence-corrected chi connectivity index (χ3v) is 5.04. The molecule has 0 aromatic heterocycles. The van der Waals surface area contributed by atoms with Gasteiger partial charge in [-0.05, 0) is 55.2 Å². The summed E-state index contributed by atoms with van der Waals surface area (Å²) in [6.45, 7) is 0. The molecular formula is C20H28F2. The van der Waals surface area contributed by atoms with Gasteiger partial charge in [-0.2, -0.15) is 0 Å². The van der Waals surface area contributed by atoms with Gasteiger partial charge in [0.15, 0.2) is 0 Å². The van der Waals surface area contributed by atoms with E-state index in [0.29, 0.717) is 6.33 Å². The molecule has 1 aromatic carbocycles. The molecule has 1 aromatic rings. The zero-order chi connectivity index (χ0) is 15.6. The number of allylic oxidation sites excluding steroid dienone is 1. The van der Waals surface area contributed by atoms with E-state index in [0.717, 1.165) is 31.1 Å². The molecule has 1 saturated carbocycles. The van der Waals surface area contributed by atoms with Gasteiger partial charge in [-0.1, -0.05) is 56.7 Å². The van der Waals surface area contributed by atoms with Gasteiger partial charge in [-0.25, -0.2) is 8.78 Å². The molecule has 0 N–H and O–H groups in total. The maximum atomic E-state index is 12.9. The van der Waals surface area contributed by atoms with Gasteiger partial charge in [-0.15, -0.1) is 0 Å². The number of halogens is 2. The Morgan fingerprint density at radius 3 is 2.18 bits per heavy atom. The first-order chi connectivity index (χ1) is 10.8. The summed E-state index contributed by atoms with van der Waals surface area (Å²) < 4.78 is 24.7. The van der Waals surface area contributed by atoms with Crippen LogP contribution < -0.4 is 0 Å². The molecular weight excluding hydrogens is 278 g/mol. The summed E-state index contributed by atoms with van der Waals surface area (Å²) in [6.07, 6.45) is 14.5. The Labute approximate surface area is 133 Å². The van der Waals surface area contributed by atoms with Gasteiger partial charge in [0, 0.05) is 0 Å². The second kappa shape index (κ2) is 9.76. The first-order valence-corrected chi connectivity index (χ1v) is 8.77. The number of hydrogen-bond acceptors (Lipinski definition) is 0. The molecule has 0 nitrogen and oxygen atoms in total. The van der Waals surface area contributed by atoms with Crippen molar-refractivity contribution in [3.63, 3.8) is 0 Å². The van der Waals surface area contributed by atoms with E-state index in [9.17, 15) is 8.78 Å². The molecule has 0 atom stereocenters. The van der Waals surface area contributed by atoms with Crippen LogP contribution in [0.4, 0.5) is 8.78 Å². The second-order valence-corrected chi connectivity index (χ2v) is 6.70. The highest BCUT2D eigenvalue weighted by Gasteiger charge is 2.20. The molecule has 0 amide bonds. The van der Waals surface area contributed by atoms with Gasteiger partial charge in [0.25, 0.3) is 0 Å². The van der Waals surface area contributed by atoms with Crippen LogP contribution in [0.25, 0.3) is 0 Å². The quantitative estimate of drug-likeness (QED) is 0.474. The topological polar surface area (TPSA) is 0 Å². The number of aryl methyl sites for hydroxylation is 1. The lowest BCUT2D eigenvalue weighted by atomic mass is 9.78. The number of unbranched alkanes of at least 4 members (excludes halogenated alkanes) is 2. The molecule has 2 rings (SSSR count). The minimum absolute atomic E-state index is 0.147. The van der Waals surface area contributed by atoms with Crippen LogP contribution in [0.2, 0.25) is 0 Å². The lowest BCUT2D eigenvalue weighted by Crippen LogP contribution is -2.15. The Bertz CT molecular complexity index is 428. The Morgan fingerprint density at radius 1 is 0.909 bits per heavy atom. The first kappa shape index (κ1) is 17.2. The van der Waals surface area contributed by atoms with Crippen molar-refractivity contribution in [3.8, 4) is 0 Å². The molecule has 22 heavy (non-hydrogen) atoms.